The number of carbonyl (C=O) groups is 1. The summed E-state index contributed by atoms with van der Waals surface area (Å²) in [4.78, 5) is 18.9. The van der Waals surface area contributed by atoms with E-state index in [0.717, 1.165) is 6.54 Å². The summed E-state index contributed by atoms with van der Waals surface area (Å²) in [5.41, 5.74) is 6.23. The summed E-state index contributed by atoms with van der Waals surface area (Å²) >= 11 is 0. The molecule has 1 fully saturated rings. The minimum Gasteiger partial charge on any atom is -0.330 e. The molecule has 2 aliphatic rings. The Balaban J connectivity index is 1.70. The van der Waals surface area contributed by atoms with Gasteiger partial charge in [-0.2, -0.15) is 0 Å². The molecule has 26 heavy (non-hydrogen) atoms. The SMILES string of the molecule is CC(C)(C)c1cc2c(c([C@@H]3CCCN3)c1)CN(C(=O)c1ccncc1)C2. The molecule has 4 heteroatoms. The van der Waals surface area contributed by atoms with Gasteiger partial charge in [0.1, 0.15) is 0 Å². The van der Waals surface area contributed by atoms with Crippen molar-refractivity contribution in [3.05, 3.63) is 64.5 Å². The first-order valence-electron chi connectivity index (χ1n) is 9.52. The molecule has 0 spiro atoms. The molecule has 0 saturated carbocycles. The molecule has 1 saturated heterocycles. The molecule has 1 N–H and O–H groups in total. The van der Waals surface area contributed by atoms with Gasteiger partial charge in [0.25, 0.3) is 5.91 Å². The first-order valence-corrected chi connectivity index (χ1v) is 9.52. The molecule has 3 heterocycles. The van der Waals surface area contributed by atoms with Crippen LogP contribution in [0.1, 0.15) is 72.3 Å². The Morgan fingerprint density at radius 3 is 2.62 bits per heavy atom. The van der Waals surface area contributed by atoms with Gasteiger partial charge in [0, 0.05) is 37.1 Å². The van der Waals surface area contributed by atoms with Crippen LogP contribution < -0.4 is 5.32 Å². The van der Waals surface area contributed by atoms with Gasteiger partial charge in [-0.3, -0.25) is 9.78 Å². The third-order valence-corrected chi connectivity index (χ3v) is 5.60. The fourth-order valence-corrected chi connectivity index (χ4v) is 4.06. The number of aromatic nitrogens is 1. The number of pyridine rings is 1. The summed E-state index contributed by atoms with van der Waals surface area (Å²) < 4.78 is 0. The topological polar surface area (TPSA) is 45.2 Å². The van der Waals surface area contributed by atoms with Gasteiger partial charge in [-0.15, -0.1) is 0 Å². The van der Waals surface area contributed by atoms with E-state index in [1.54, 1.807) is 24.5 Å². The molecule has 1 amide bonds. The Bertz CT molecular complexity index is 817. The Kier molecular flexibility index (Phi) is 4.31. The van der Waals surface area contributed by atoms with E-state index in [1.807, 2.05) is 4.90 Å². The molecule has 0 unspecified atom stereocenters. The van der Waals surface area contributed by atoms with E-state index in [0.29, 0.717) is 24.7 Å². The number of rotatable bonds is 2. The molecule has 0 aliphatic carbocycles. The van der Waals surface area contributed by atoms with Crippen LogP contribution in [0.15, 0.2) is 36.7 Å². The smallest absolute Gasteiger partial charge is 0.254 e. The zero-order valence-corrected chi connectivity index (χ0v) is 15.9. The summed E-state index contributed by atoms with van der Waals surface area (Å²) in [6.45, 7) is 9.26. The summed E-state index contributed by atoms with van der Waals surface area (Å²) in [6.07, 6.45) is 5.77. The second-order valence-corrected chi connectivity index (χ2v) is 8.50. The highest BCUT2D eigenvalue weighted by molar-refractivity contribution is 5.94. The van der Waals surface area contributed by atoms with Gasteiger partial charge in [-0.05, 0) is 59.2 Å². The van der Waals surface area contributed by atoms with Crippen molar-refractivity contribution >= 4 is 5.91 Å². The zero-order chi connectivity index (χ0) is 18.3. The van der Waals surface area contributed by atoms with Crippen LogP contribution in [0.2, 0.25) is 0 Å². The Morgan fingerprint density at radius 1 is 1.19 bits per heavy atom. The van der Waals surface area contributed by atoms with Crippen molar-refractivity contribution in [1.82, 2.24) is 15.2 Å². The molecule has 2 aromatic rings. The zero-order valence-electron chi connectivity index (χ0n) is 15.9. The van der Waals surface area contributed by atoms with Gasteiger partial charge in [-0.25, -0.2) is 0 Å². The number of hydrogen-bond donors (Lipinski definition) is 1. The highest BCUT2D eigenvalue weighted by Gasteiger charge is 2.31. The van der Waals surface area contributed by atoms with E-state index in [-0.39, 0.29) is 11.3 Å². The van der Waals surface area contributed by atoms with E-state index >= 15 is 0 Å². The lowest BCUT2D eigenvalue weighted by Crippen LogP contribution is -2.25. The minimum atomic E-state index is 0.0891. The van der Waals surface area contributed by atoms with Crippen LogP contribution in [0.25, 0.3) is 0 Å². The Morgan fingerprint density at radius 2 is 1.96 bits per heavy atom. The normalized spacial score (nSPS) is 19.7. The van der Waals surface area contributed by atoms with E-state index < -0.39 is 0 Å². The monoisotopic (exact) mass is 349 g/mol. The van der Waals surface area contributed by atoms with Crippen molar-refractivity contribution in [2.45, 2.75) is 58.2 Å². The van der Waals surface area contributed by atoms with E-state index in [2.05, 4.69) is 43.2 Å². The molecule has 4 nitrogen and oxygen atoms in total. The maximum Gasteiger partial charge on any atom is 0.254 e. The number of nitrogens with one attached hydrogen (secondary N) is 1. The van der Waals surface area contributed by atoms with Crippen LogP contribution in [-0.4, -0.2) is 22.3 Å². The van der Waals surface area contributed by atoms with Crippen molar-refractivity contribution in [2.24, 2.45) is 0 Å². The van der Waals surface area contributed by atoms with Gasteiger partial charge in [0.2, 0.25) is 0 Å². The predicted molar refractivity (Wildman–Crippen MR) is 103 cm³/mol. The van der Waals surface area contributed by atoms with Crippen LogP contribution in [0.5, 0.6) is 0 Å². The average molecular weight is 349 g/mol. The van der Waals surface area contributed by atoms with E-state index in [9.17, 15) is 4.79 Å². The molecule has 0 bridgehead atoms. The molecule has 4 rings (SSSR count). The molecule has 2 aliphatic heterocycles. The van der Waals surface area contributed by atoms with Crippen molar-refractivity contribution < 1.29 is 4.79 Å². The molecular formula is C22H27N3O. The van der Waals surface area contributed by atoms with Crippen LogP contribution in [0.3, 0.4) is 0 Å². The number of hydrogen-bond acceptors (Lipinski definition) is 3. The van der Waals surface area contributed by atoms with Gasteiger partial charge < -0.3 is 10.2 Å². The van der Waals surface area contributed by atoms with Crippen LogP contribution in [-0.2, 0) is 18.5 Å². The van der Waals surface area contributed by atoms with Gasteiger partial charge in [-0.1, -0.05) is 32.9 Å². The van der Waals surface area contributed by atoms with Crippen LogP contribution in [0.4, 0.5) is 0 Å². The lowest BCUT2D eigenvalue weighted by Gasteiger charge is -2.24. The lowest BCUT2D eigenvalue weighted by atomic mass is 9.82. The maximum absolute atomic E-state index is 12.9. The second kappa shape index (κ2) is 6.51. The first kappa shape index (κ1) is 17.2. The molecule has 1 atom stereocenters. The standard InChI is InChI=1S/C22H27N3O/c1-22(2,3)17-11-16-13-25(21(26)15-6-9-23-10-7-15)14-19(16)18(12-17)20-5-4-8-24-20/h6-7,9-12,20,24H,4-5,8,13-14H2,1-3H3/t20-/m0/s1. The lowest BCUT2D eigenvalue weighted by molar-refractivity contribution is 0.0751. The molecule has 0 radical (unpaired) electrons. The molecule has 1 aromatic heterocycles. The van der Waals surface area contributed by atoms with E-state index in [4.69, 9.17) is 0 Å². The summed E-state index contributed by atoms with van der Waals surface area (Å²) in [7, 11) is 0. The first-order chi connectivity index (χ1) is 12.4. The number of carbonyl (C=O) groups excluding carboxylic acids is 1. The maximum atomic E-state index is 12.9. The third kappa shape index (κ3) is 3.14. The Hall–Kier alpha value is -2.20. The molecule has 1 aromatic carbocycles. The van der Waals surface area contributed by atoms with Gasteiger partial charge in [0.15, 0.2) is 0 Å². The third-order valence-electron chi connectivity index (χ3n) is 5.60. The second-order valence-electron chi connectivity index (χ2n) is 8.50. The molecular weight excluding hydrogens is 322 g/mol. The van der Waals surface area contributed by atoms with Crippen LogP contribution >= 0.6 is 0 Å². The number of fused-ring (bicyclic) bond motifs is 1. The van der Waals surface area contributed by atoms with Crippen molar-refractivity contribution in [3.63, 3.8) is 0 Å². The molecule has 136 valence electrons. The number of nitrogens with zero attached hydrogens (tertiary/aromatic N) is 2. The van der Waals surface area contributed by atoms with Crippen LogP contribution in [0, 0.1) is 0 Å². The predicted octanol–water partition coefficient (Wildman–Crippen LogP) is 3.96. The van der Waals surface area contributed by atoms with Crippen molar-refractivity contribution in [2.75, 3.05) is 6.54 Å². The summed E-state index contributed by atoms with van der Waals surface area (Å²) in [5, 5.41) is 3.65. The largest absolute Gasteiger partial charge is 0.330 e. The van der Waals surface area contributed by atoms with Crippen molar-refractivity contribution in [3.8, 4) is 0 Å². The van der Waals surface area contributed by atoms with E-state index in [1.165, 1.54) is 35.1 Å². The summed E-state index contributed by atoms with van der Waals surface area (Å²) in [5.74, 6) is 0.0891. The minimum absolute atomic E-state index is 0.0891. The summed E-state index contributed by atoms with van der Waals surface area (Å²) in [6, 6.07) is 8.70. The highest BCUT2D eigenvalue weighted by Crippen LogP contribution is 2.37. The average Bonchev–Trinajstić information content (AvgIpc) is 3.29. The fourth-order valence-electron chi connectivity index (χ4n) is 4.06. The van der Waals surface area contributed by atoms with Gasteiger partial charge >= 0.3 is 0 Å². The number of benzene rings is 1. The van der Waals surface area contributed by atoms with Crippen molar-refractivity contribution in [1.29, 1.82) is 0 Å². The van der Waals surface area contributed by atoms with Gasteiger partial charge in [0.05, 0.1) is 0 Å². The quantitative estimate of drug-likeness (QED) is 0.892. The number of amides is 1. The Labute approximate surface area is 155 Å². The highest BCUT2D eigenvalue weighted by atomic mass is 16.2. The fraction of sp³-hybridized carbons (Fsp3) is 0.455.